The van der Waals surface area contributed by atoms with Crippen molar-refractivity contribution in [1.82, 2.24) is 0 Å². The molecule has 1 aromatic carbocycles. The van der Waals surface area contributed by atoms with E-state index in [2.05, 4.69) is 15.9 Å². The van der Waals surface area contributed by atoms with Crippen LogP contribution >= 0.6 is 11.3 Å². The van der Waals surface area contributed by atoms with Crippen molar-refractivity contribution in [3.05, 3.63) is 52.7 Å². The van der Waals surface area contributed by atoms with Crippen LogP contribution in [-0.2, 0) is 0 Å². The molecule has 0 atom stereocenters. The van der Waals surface area contributed by atoms with E-state index in [0.29, 0.717) is 0 Å². The Morgan fingerprint density at radius 3 is 2.71 bits per heavy atom. The van der Waals surface area contributed by atoms with Gasteiger partial charge < -0.3 is 0 Å². The third-order valence-corrected chi connectivity index (χ3v) is 2.43. The van der Waals surface area contributed by atoms with E-state index in [0.717, 1.165) is 11.3 Å². The molecule has 0 saturated heterocycles. The second kappa shape index (κ2) is 4.58. The second-order valence-corrected chi connectivity index (χ2v) is 3.57. The molecule has 0 fully saturated rings. The average molecular weight is 202 g/mol. The first kappa shape index (κ1) is 8.97. The number of nitrogens with one attached hydrogen (secondary N) is 1. The lowest BCUT2D eigenvalue weighted by Gasteiger charge is -1.96. The smallest absolute Gasteiger partial charge is 0.0561 e. The van der Waals surface area contributed by atoms with Crippen molar-refractivity contribution < 1.29 is 0 Å². The van der Waals surface area contributed by atoms with Gasteiger partial charge in [-0.05, 0) is 29.0 Å². The molecule has 0 aliphatic rings. The van der Waals surface area contributed by atoms with Gasteiger partial charge in [0.15, 0.2) is 0 Å². The van der Waals surface area contributed by atoms with Crippen molar-refractivity contribution in [2.45, 2.75) is 0 Å². The SMILES string of the molecule is C(=N\Nc1ccccc1)/c1ccsc1. The van der Waals surface area contributed by atoms with E-state index in [1.54, 1.807) is 11.3 Å². The quantitative estimate of drug-likeness (QED) is 0.600. The minimum Gasteiger partial charge on any atom is -0.279 e. The predicted molar refractivity (Wildman–Crippen MR) is 62.0 cm³/mol. The summed E-state index contributed by atoms with van der Waals surface area (Å²) in [5.41, 5.74) is 5.08. The number of hydrogen-bond acceptors (Lipinski definition) is 3. The molecule has 0 radical (unpaired) electrons. The number of anilines is 1. The van der Waals surface area contributed by atoms with Crippen LogP contribution in [0.25, 0.3) is 0 Å². The highest BCUT2D eigenvalue weighted by Gasteiger charge is 1.86. The van der Waals surface area contributed by atoms with E-state index >= 15 is 0 Å². The zero-order chi connectivity index (χ0) is 9.64. The Kier molecular flexibility index (Phi) is 2.93. The van der Waals surface area contributed by atoms with E-state index in [-0.39, 0.29) is 0 Å². The maximum Gasteiger partial charge on any atom is 0.0561 e. The lowest BCUT2D eigenvalue weighted by Crippen LogP contribution is -1.88. The highest BCUT2D eigenvalue weighted by molar-refractivity contribution is 7.08. The number of nitrogens with zero attached hydrogens (tertiary/aromatic N) is 1. The van der Waals surface area contributed by atoms with Crippen molar-refractivity contribution in [3.63, 3.8) is 0 Å². The molecule has 2 nitrogen and oxygen atoms in total. The number of hydrogen-bond donors (Lipinski definition) is 1. The lowest BCUT2D eigenvalue weighted by atomic mass is 10.3. The van der Waals surface area contributed by atoms with Gasteiger partial charge in [-0.3, -0.25) is 5.43 Å². The second-order valence-electron chi connectivity index (χ2n) is 2.79. The summed E-state index contributed by atoms with van der Waals surface area (Å²) >= 11 is 1.67. The Hall–Kier alpha value is -1.61. The Bertz CT molecular complexity index is 392. The van der Waals surface area contributed by atoms with Gasteiger partial charge in [-0.1, -0.05) is 18.2 Å². The van der Waals surface area contributed by atoms with Crippen LogP contribution in [0.2, 0.25) is 0 Å². The fraction of sp³-hybridized carbons (Fsp3) is 0. The third-order valence-electron chi connectivity index (χ3n) is 1.72. The van der Waals surface area contributed by atoms with Crippen LogP contribution in [-0.4, -0.2) is 6.21 Å². The number of hydrazone groups is 1. The standard InChI is InChI=1S/C11H10N2S/c1-2-4-11(5-3-1)13-12-8-10-6-7-14-9-10/h1-9,13H/b12-8+. The Labute approximate surface area is 86.9 Å². The zero-order valence-electron chi connectivity index (χ0n) is 7.55. The van der Waals surface area contributed by atoms with Crippen LogP contribution in [0.15, 0.2) is 52.3 Å². The molecule has 1 N–H and O–H groups in total. The van der Waals surface area contributed by atoms with E-state index in [1.165, 1.54) is 0 Å². The molecular weight excluding hydrogens is 192 g/mol. The van der Waals surface area contributed by atoms with Gasteiger partial charge in [-0.2, -0.15) is 16.4 Å². The van der Waals surface area contributed by atoms with Crippen LogP contribution in [0, 0.1) is 0 Å². The maximum absolute atomic E-state index is 4.12. The summed E-state index contributed by atoms with van der Waals surface area (Å²) in [5, 5.41) is 8.20. The molecule has 3 heteroatoms. The van der Waals surface area contributed by atoms with Gasteiger partial charge in [0.1, 0.15) is 0 Å². The number of para-hydroxylation sites is 1. The minimum absolute atomic E-state index is 0.999. The molecule has 14 heavy (non-hydrogen) atoms. The topological polar surface area (TPSA) is 24.4 Å². The molecular formula is C11H10N2S. The van der Waals surface area contributed by atoms with Crippen LogP contribution in [0.5, 0.6) is 0 Å². The molecule has 0 aliphatic heterocycles. The van der Waals surface area contributed by atoms with Crippen molar-refractivity contribution in [2.75, 3.05) is 5.43 Å². The van der Waals surface area contributed by atoms with E-state index < -0.39 is 0 Å². The average Bonchev–Trinajstić information content (AvgIpc) is 2.72. The first-order chi connectivity index (χ1) is 6.95. The number of benzene rings is 1. The fourth-order valence-electron chi connectivity index (χ4n) is 1.04. The largest absolute Gasteiger partial charge is 0.279 e. The van der Waals surface area contributed by atoms with Crippen LogP contribution in [0.4, 0.5) is 5.69 Å². The summed E-state index contributed by atoms with van der Waals surface area (Å²) in [6.45, 7) is 0. The van der Waals surface area contributed by atoms with E-state index in [4.69, 9.17) is 0 Å². The highest BCUT2D eigenvalue weighted by Crippen LogP contribution is 2.05. The molecule has 0 saturated carbocycles. The maximum atomic E-state index is 4.12. The van der Waals surface area contributed by atoms with Gasteiger partial charge in [0, 0.05) is 5.56 Å². The van der Waals surface area contributed by atoms with Gasteiger partial charge >= 0.3 is 0 Å². The van der Waals surface area contributed by atoms with E-state index in [1.807, 2.05) is 48.0 Å². The van der Waals surface area contributed by atoms with E-state index in [9.17, 15) is 0 Å². The van der Waals surface area contributed by atoms with Gasteiger partial charge in [0.2, 0.25) is 0 Å². The summed E-state index contributed by atoms with van der Waals surface area (Å²) in [6, 6.07) is 11.9. The highest BCUT2D eigenvalue weighted by atomic mass is 32.1. The molecule has 70 valence electrons. The monoisotopic (exact) mass is 202 g/mol. The van der Waals surface area contributed by atoms with Gasteiger partial charge in [-0.25, -0.2) is 0 Å². The Morgan fingerprint density at radius 2 is 2.00 bits per heavy atom. The molecule has 0 unspecified atom stereocenters. The lowest BCUT2D eigenvalue weighted by molar-refractivity contribution is 1.35. The molecule has 0 amide bonds. The predicted octanol–water partition coefficient (Wildman–Crippen LogP) is 3.19. The molecule has 0 aliphatic carbocycles. The van der Waals surface area contributed by atoms with Crippen molar-refractivity contribution in [1.29, 1.82) is 0 Å². The zero-order valence-corrected chi connectivity index (χ0v) is 8.37. The summed E-state index contributed by atoms with van der Waals surface area (Å²) in [4.78, 5) is 0. The summed E-state index contributed by atoms with van der Waals surface area (Å²) < 4.78 is 0. The van der Waals surface area contributed by atoms with Crippen LogP contribution in [0.3, 0.4) is 0 Å². The Balaban J connectivity index is 1.95. The minimum atomic E-state index is 0.999. The van der Waals surface area contributed by atoms with Crippen molar-refractivity contribution >= 4 is 23.2 Å². The van der Waals surface area contributed by atoms with Crippen molar-refractivity contribution in [3.8, 4) is 0 Å². The van der Waals surface area contributed by atoms with Gasteiger partial charge in [0.05, 0.1) is 11.9 Å². The summed E-state index contributed by atoms with van der Waals surface area (Å²) in [5.74, 6) is 0. The number of rotatable bonds is 3. The normalized spacial score (nSPS) is 10.6. The first-order valence-corrected chi connectivity index (χ1v) is 5.26. The first-order valence-electron chi connectivity index (χ1n) is 4.31. The van der Waals surface area contributed by atoms with Crippen LogP contribution < -0.4 is 5.43 Å². The number of thiophene rings is 1. The molecule has 2 rings (SSSR count). The van der Waals surface area contributed by atoms with Crippen molar-refractivity contribution in [2.24, 2.45) is 5.10 Å². The molecule has 0 spiro atoms. The summed E-state index contributed by atoms with van der Waals surface area (Å²) in [7, 11) is 0. The summed E-state index contributed by atoms with van der Waals surface area (Å²) in [6.07, 6.45) is 1.81. The molecule has 0 bridgehead atoms. The molecule has 1 heterocycles. The molecule has 2 aromatic rings. The fourth-order valence-corrected chi connectivity index (χ4v) is 1.65. The van der Waals surface area contributed by atoms with Gasteiger partial charge in [0.25, 0.3) is 0 Å². The Morgan fingerprint density at radius 1 is 1.14 bits per heavy atom. The van der Waals surface area contributed by atoms with Crippen LogP contribution in [0.1, 0.15) is 5.56 Å². The van der Waals surface area contributed by atoms with Gasteiger partial charge in [-0.15, -0.1) is 0 Å². The third kappa shape index (κ3) is 2.44. The molecule has 1 aromatic heterocycles.